The van der Waals surface area contributed by atoms with Crippen LogP contribution < -0.4 is 0 Å². The first-order valence-corrected chi connectivity index (χ1v) is 7.93. The van der Waals surface area contributed by atoms with Crippen molar-refractivity contribution < 1.29 is 19.8 Å². The van der Waals surface area contributed by atoms with Gasteiger partial charge in [0.15, 0.2) is 11.6 Å². The third-order valence-corrected chi connectivity index (χ3v) is 3.85. The maximum atomic E-state index is 11.8. The van der Waals surface area contributed by atoms with Crippen LogP contribution in [0.1, 0.15) is 17.5 Å². The first-order chi connectivity index (χ1) is 11.4. The van der Waals surface area contributed by atoms with E-state index in [-0.39, 0.29) is 29.5 Å². The summed E-state index contributed by atoms with van der Waals surface area (Å²) in [5.74, 6) is -0.395. The number of hydrogen-bond donors (Lipinski definition) is 2. The second-order valence-corrected chi connectivity index (χ2v) is 5.93. The van der Waals surface area contributed by atoms with Crippen LogP contribution in [0.25, 0.3) is 12.2 Å². The van der Waals surface area contributed by atoms with E-state index in [1.807, 2.05) is 0 Å². The fraction of sp³-hybridized carbons (Fsp3) is 0.0526. The van der Waals surface area contributed by atoms with Gasteiger partial charge in [0.25, 0.3) is 0 Å². The van der Waals surface area contributed by atoms with Crippen molar-refractivity contribution in [1.82, 2.24) is 0 Å². The van der Waals surface area contributed by atoms with Crippen LogP contribution in [0, 0.1) is 0 Å². The van der Waals surface area contributed by atoms with Gasteiger partial charge < -0.3 is 10.2 Å². The highest BCUT2D eigenvalue weighted by molar-refractivity contribution is 9.10. The number of ketones is 2. The lowest BCUT2D eigenvalue weighted by molar-refractivity contribution is -0.121. The Morgan fingerprint density at radius 1 is 0.875 bits per heavy atom. The normalized spacial score (nSPS) is 11.2. The van der Waals surface area contributed by atoms with Gasteiger partial charge in [0, 0.05) is 4.47 Å². The molecule has 2 aromatic carbocycles. The number of phenols is 2. The van der Waals surface area contributed by atoms with Gasteiger partial charge in [0.1, 0.15) is 11.5 Å². The second-order valence-electron chi connectivity index (χ2n) is 5.07. The minimum Gasteiger partial charge on any atom is -0.508 e. The Balaban J connectivity index is 1.94. The SMILES string of the molecule is O=C(C=Cc1ccc(O)cc1)CC(=O)C=Cc1cc(O)ccc1Br. The van der Waals surface area contributed by atoms with E-state index in [4.69, 9.17) is 0 Å². The van der Waals surface area contributed by atoms with Crippen LogP contribution in [-0.2, 0) is 9.59 Å². The molecular weight excluding hydrogens is 372 g/mol. The van der Waals surface area contributed by atoms with Crippen molar-refractivity contribution in [2.75, 3.05) is 0 Å². The largest absolute Gasteiger partial charge is 0.508 e. The minimum atomic E-state index is -0.328. The topological polar surface area (TPSA) is 74.6 Å². The third kappa shape index (κ3) is 5.52. The molecule has 2 aromatic rings. The molecule has 0 aliphatic rings. The number of allylic oxidation sites excluding steroid dienone is 2. The molecule has 0 bridgehead atoms. The highest BCUT2D eigenvalue weighted by Gasteiger charge is 2.04. The predicted molar refractivity (Wildman–Crippen MR) is 96.6 cm³/mol. The molecule has 0 aliphatic heterocycles. The van der Waals surface area contributed by atoms with Gasteiger partial charge >= 0.3 is 0 Å². The molecule has 5 heteroatoms. The molecule has 0 heterocycles. The first kappa shape index (κ1) is 17.7. The molecular formula is C19H15BrO4. The van der Waals surface area contributed by atoms with Gasteiger partial charge in [0.05, 0.1) is 6.42 Å². The summed E-state index contributed by atoms with van der Waals surface area (Å²) in [5, 5.41) is 18.6. The number of phenolic OH excluding ortho intramolecular Hbond substituents is 2. The summed E-state index contributed by atoms with van der Waals surface area (Å²) in [4.78, 5) is 23.6. The van der Waals surface area contributed by atoms with E-state index in [0.717, 1.165) is 10.0 Å². The van der Waals surface area contributed by atoms with E-state index in [1.54, 1.807) is 30.4 Å². The van der Waals surface area contributed by atoms with Gasteiger partial charge in [-0.05, 0) is 53.6 Å². The van der Waals surface area contributed by atoms with E-state index >= 15 is 0 Å². The van der Waals surface area contributed by atoms with Crippen LogP contribution >= 0.6 is 15.9 Å². The van der Waals surface area contributed by atoms with Crippen LogP contribution in [0.2, 0.25) is 0 Å². The maximum absolute atomic E-state index is 11.8. The van der Waals surface area contributed by atoms with E-state index in [1.165, 1.54) is 36.4 Å². The van der Waals surface area contributed by atoms with E-state index in [0.29, 0.717) is 5.56 Å². The van der Waals surface area contributed by atoms with Crippen molar-refractivity contribution in [3.8, 4) is 11.5 Å². The molecule has 122 valence electrons. The molecule has 0 amide bonds. The number of carbonyl (C=O) groups is 2. The molecule has 2 rings (SSSR count). The van der Waals surface area contributed by atoms with E-state index in [2.05, 4.69) is 15.9 Å². The van der Waals surface area contributed by atoms with E-state index < -0.39 is 0 Å². The number of aromatic hydroxyl groups is 2. The molecule has 24 heavy (non-hydrogen) atoms. The Hall–Kier alpha value is -2.66. The molecule has 0 fully saturated rings. The first-order valence-electron chi connectivity index (χ1n) is 7.13. The summed E-state index contributed by atoms with van der Waals surface area (Å²) in [6, 6.07) is 11.1. The second kappa shape index (κ2) is 8.26. The lowest BCUT2D eigenvalue weighted by atomic mass is 10.1. The maximum Gasteiger partial charge on any atom is 0.163 e. The summed E-state index contributed by atoms with van der Waals surface area (Å²) in [6.45, 7) is 0. The molecule has 0 spiro atoms. The zero-order valence-corrected chi connectivity index (χ0v) is 14.2. The van der Waals surface area contributed by atoms with Gasteiger partial charge in [-0.25, -0.2) is 0 Å². The summed E-state index contributed by atoms with van der Waals surface area (Å²) >= 11 is 3.32. The fourth-order valence-corrected chi connectivity index (χ4v) is 2.28. The van der Waals surface area contributed by atoms with Crippen molar-refractivity contribution >= 4 is 39.6 Å². The lowest BCUT2D eigenvalue weighted by Crippen LogP contribution is -2.01. The number of hydrogen-bond acceptors (Lipinski definition) is 4. The summed E-state index contributed by atoms with van der Waals surface area (Å²) in [7, 11) is 0. The molecule has 0 radical (unpaired) electrons. The zero-order chi connectivity index (χ0) is 17.5. The Morgan fingerprint density at radius 2 is 1.46 bits per heavy atom. The lowest BCUT2D eigenvalue weighted by Gasteiger charge is -1.99. The molecule has 0 unspecified atom stereocenters. The third-order valence-electron chi connectivity index (χ3n) is 3.13. The Morgan fingerprint density at radius 3 is 2.12 bits per heavy atom. The Labute approximate surface area is 147 Å². The van der Waals surface area contributed by atoms with Crippen molar-refractivity contribution in [3.05, 3.63) is 70.2 Å². The van der Waals surface area contributed by atoms with Gasteiger partial charge in [-0.1, -0.05) is 40.2 Å². The summed E-state index contributed by atoms with van der Waals surface area (Å²) in [5.41, 5.74) is 1.41. The smallest absolute Gasteiger partial charge is 0.163 e. The monoisotopic (exact) mass is 386 g/mol. The van der Waals surface area contributed by atoms with Crippen molar-refractivity contribution in [1.29, 1.82) is 0 Å². The molecule has 0 saturated heterocycles. The highest BCUT2D eigenvalue weighted by Crippen LogP contribution is 2.22. The van der Waals surface area contributed by atoms with Crippen LogP contribution in [0.15, 0.2) is 59.1 Å². The van der Waals surface area contributed by atoms with Crippen LogP contribution in [0.5, 0.6) is 11.5 Å². The van der Waals surface area contributed by atoms with Crippen molar-refractivity contribution in [2.45, 2.75) is 6.42 Å². The van der Waals surface area contributed by atoms with Crippen LogP contribution in [-0.4, -0.2) is 21.8 Å². The summed E-state index contributed by atoms with van der Waals surface area (Å²) < 4.78 is 0.739. The standard InChI is InChI=1S/C19H15BrO4/c20-19-10-9-16(22)11-14(19)4-8-18(24)12-17(23)7-3-13-1-5-15(21)6-2-13/h1-11,21-22H,12H2. The van der Waals surface area contributed by atoms with Crippen molar-refractivity contribution in [3.63, 3.8) is 0 Å². The number of carbonyl (C=O) groups excluding carboxylic acids is 2. The molecule has 4 nitrogen and oxygen atoms in total. The molecule has 0 saturated carbocycles. The summed E-state index contributed by atoms with van der Waals surface area (Å²) in [6.07, 6.45) is 5.55. The Kier molecular flexibility index (Phi) is 6.09. The van der Waals surface area contributed by atoms with Crippen LogP contribution in [0.4, 0.5) is 0 Å². The zero-order valence-electron chi connectivity index (χ0n) is 12.6. The molecule has 0 aromatic heterocycles. The molecule has 0 aliphatic carbocycles. The number of rotatable bonds is 6. The van der Waals surface area contributed by atoms with Crippen molar-refractivity contribution in [2.24, 2.45) is 0 Å². The highest BCUT2D eigenvalue weighted by atomic mass is 79.9. The Bertz CT molecular complexity index is 805. The van der Waals surface area contributed by atoms with Gasteiger partial charge in [-0.15, -0.1) is 0 Å². The van der Waals surface area contributed by atoms with Gasteiger partial charge in [-0.3, -0.25) is 9.59 Å². The fourth-order valence-electron chi connectivity index (χ4n) is 1.91. The van der Waals surface area contributed by atoms with Crippen LogP contribution in [0.3, 0.4) is 0 Å². The molecule has 0 atom stereocenters. The van der Waals surface area contributed by atoms with Gasteiger partial charge in [0.2, 0.25) is 0 Å². The minimum absolute atomic E-state index is 0.0956. The molecule has 2 N–H and O–H groups in total. The van der Waals surface area contributed by atoms with E-state index in [9.17, 15) is 19.8 Å². The van der Waals surface area contributed by atoms with Gasteiger partial charge in [-0.2, -0.15) is 0 Å². The average Bonchev–Trinajstić information content (AvgIpc) is 2.55. The predicted octanol–water partition coefficient (Wildman–Crippen LogP) is 4.12. The average molecular weight is 387 g/mol. The number of benzene rings is 2. The number of halogens is 1. The quantitative estimate of drug-likeness (QED) is 0.578.